The van der Waals surface area contributed by atoms with Gasteiger partial charge in [0.15, 0.2) is 0 Å². The molecular weight excluding hydrogens is 270 g/mol. The van der Waals surface area contributed by atoms with E-state index in [4.69, 9.17) is 0 Å². The van der Waals surface area contributed by atoms with Crippen molar-refractivity contribution in [2.24, 2.45) is 7.05 Å². The first-order valence-electron chi connectivity index (χ1n) is 6.28. The number of hydrogen-bond acceptors (Lipinski definition) is 4. The Bertz CT molecular complexity index is 898. The Morgan fingerprint density at radius 2 is 1.76 bits per heavy atom. The lowest BCUT2D eigenvalue weighted by atomic mass is 10.1. The van der Waals surface area contributed by atoms with Crippen LogP contribution in [0.15, 0.2) is 53.3 Å². The molecule has 0 saturated heterocycles. The lowest BCUT2D eigenvalue weighted by molar-refractivity contribution is -0.384. The largest absolute Gasteiger partial charge is 0.328 e. The smallest absolute Gasteiger partial charge is 0.281 e. The summed E-state index contributed by atoms with van der Waals surface area (Å²) >= 11 is 0. The second-order valence-electron chi connectivity index (χ2n) is 4.62. The molecule has 0 atom stereocenters. The van der Waals surface area contributed by atoms with Gasteiger partial charge in [-0.3, -0.25) is 14.9 Å². The van der Waals surface area contributed by atoms with Crippen LogP contribution < -0.4 is 5.56 Å². The van der Waals surface area contributed by atoms with E-state index < -0.39 is 4.92 Å². The molecule has 21 heavy (non-hydrogen) atoms. The SMILES string of the molecule is Cn1c(-c2ccc([N+](=O)[O-])cc2)nc(=O)c2ccccc21. The molecule has 3 aromatic rings. The predicted molar refractivity (Wildman–Crippen MR) is 79.1 cm³/mol. The van der Waals surface area contributed by atoms with E-state index in [-0.39, 0.29) is 11.2 Å². The van der Waals surface area contributed by atoms with Crippen LogP contribution in [0, 0.1) is 10.1 Å². The minimum Gasteiger partial charge on any atom is -0.328 e. The van der Waals surface area contributed by atoms with Gasteiger partial charge < -0.3 is 4.57 Å². The summed E-state index contributed by atoms with van der Waals surface area (Å²) in [7, 11) is 1.81. The van der Waals surface area contributed by atoms with Gasteiger partial charge in [-0.05, 0) is 24.3 Å². The Kier molecular flexibility index (Phi) is 2.98. The first kappa shape index (κ1) is 13.0. The molecule has 104 valence electrons. The van der Waals surface area contributed by atoms with Crippen LogP contribution in [0.2, 0.25) is 0 Å². The Hall–Kier alpha value is -3.02. The molecule has 1 heterocycles. The third kappa shape index (κ3) is 2.16. The highest BCUT2D eigenvalue weighted by molar-refractivity contribution is 5.80. The number of non-ortho nitro benzene ring substituents is 1. The van der Waals surface area contributed by atoms with Crippen LogP contribution in [-0.2, 0) is 7.05 Å². The van der Waals surface area contributed by atoms with Gasteiger partial charge in [0.1, 0.15) is 5.82 Å². The molecule has 0 radical (unpaired) electrons. The molecule has 0 amide bonds. The minimum atomic E-state index is -0.462. The summed E-state index contributed by atoms with van der Waals surface area (Å²) in [6.07, 6.45) is 0. The topological polar surface area (TPSA) is 78.0 Å². The van der Waals surface area contributed by atoms with Gasteiger partial charge >= 0.3 is 0 Å². The molecule has 6 heteroatoms. The van der Waals surface area contributed by atoms with E-state index in [0.29, 0.717) is 16.8 Å². The highest BCUT2D eigenvalue weighted by atomic mass is 16.6. The Balaban J connectivity index is 2.23. The molecule has 0 aliphatic rings. The number of fused-ring (bicyclic) bond motifs is 1. The van der Waals surface area contributed by atoms with Crippen molar-refractivity contribution < 1.29 is 4.92 Å². The van der Waals surface area contributed by atoms with E-state index in [0.717, 1.165) is 5.52 Å². The molecule has 0 N–H and O–H groups in total. The van der Waals surface area contributed by atoms with Crippen LogP contribution >= 0.6 is 0 Å². The summed E-state index contributed by atoms with van der Waals surface area (Å²) in [5.41, 5.74) is 1.12. The number of benzene rings is 2. The normalized spacial score (nSPS) is 10.7. The number of nitro benzene ring substituents is 1. The van der Waals surface area contributed by atoms with Crippen molar-refractivity contribution in [2.45, 2.75) is 0 Å². The minimum absolute atomic E-state index is 0.00420. The maximum absolute atomic E-state index is 12.1. The van der Waals surface area contributed by atoms with Crippen molar-refractivity contribution in [3.05, 3.63) is 69.0 Å². The molecule has 0 saturated carbocycles. The van der Waals surface area contributed by atoms with Gasteiger partial charge in [0, 0.05) is 24.7 Å². The number of nitro groups is 1. The van der Waals surface area contributed by atoms with Gasteiger partial charge in [-0.2, -0.15) is 4.98 Å². The van der Waals surface area contributed by atoms with E-state index in [9.17, 15) is 14.9 Å². The zero-order valence-corrected chi connectivity index (χ0v) is 11.2. The van der Waals surface area contributed by atoms with Gasteiger partial charge in [0.2, 0.25) is 0 Å². The number of nitrogens with zero attached hydrogens (tertiary/aromatic N) is 3. The van der Waals surface area contributed by atoms with Gasteiger partial charge in [0.25, 0.3) is 11.2 Å². The summed E-state index contributed by atoms with van der Waals surface area (Å²) in [6.45, 7) is 0. The average Bonchev–Trinajstić information content (AvgIpc) is 2.51. The molecular formula is C15H11N3O3. The van der Waals surface area contributed by atoms with Crippen molar-refractivity contribution in [1.29, 1.82) is 0 Å². The highest BCUT2D eigenvalue weighted by Gasteiger charge is 2.11. The Morgan fingerprint density at radius 1 is 1.10 bits per heavy atom. The molecule has 0 bridgehead atoms. The molecule has 0 unspecified atom stereocenters. The van der Waals surface area contributed by atoms with Crippen molar-refractivity contribution in [1.82, 2.24) is 9.55 Å². The van der Waals surface area contributed by atoms with Crippen molar-refractivity contribution in [3.63, 3.8) is 0 Å². The van der Waals surface area contributed by atoms with E-state index in [1.807, 2.05) is 19.2 Å². The standard InChI is InChI=1S/C15H11N3O3/c1-17-13-5-3-2-4-12(13)15(19)16-14(17)10-6-8-11(9-7-10)18(20)21/h2-9H,1H3. The van der Waals surface area contributed by atoms with Crippen LogP contribution in [-0.4, -0.2) is 14.5 Å². The Labute approximate surface area is 119 Å². The fraction of sp³-hybridized carbons (Fsp3) is 0.0667. The summed E-state index contributed by atoms with van der Waals surface area (Å²) in [4.78, 5) is 26.4. The number of rotatable bonds is 2. The number of hydrogen-bond donors (Lipinski definition) is 0. The first-order valence-corrected chi connectivity index (χ1v) is 6.28. The molecule has 0 aliphatic carbocycles. The van der Waals surface area contributed by atoms with Crippen LogP contribution in [0.5, 0.6) is 0 Å². The molecule has 6 nitrogen and oxygen atoms in total. The highest BCUT2D eigenvalue weighted by Crippen LogP contribution is 2.22. The van der Waals surface area contributed by atoms with E-state index in [1.165, 1.54) is 12.1 Å². The monoisotopic (exact) mass is 281 g/mol. The Morgan fingerprint density at radius 3 is 2.43 bits per heavy atom. The van der Waals surface area contributed by atoms with Gasteiger partial charge in [-0.25, -0.2) is 0 Å². The molecule has 3 rings (SSSR count). The van der Waals surface area contributed by atoms with E-state index >= 15 is 0 Å². The second kappa shape index (κ2) is 4.82. The zero-order valence-electron chi connectivity index (χ0n) is 11.2. The summed E-state index contributed by atoms with van der Waals surface area (Å²) < 4.78 is 1.80. The summed E-state index contributed by atoms with van der Waals surface area (Å²) in [5, 5.41) is 11.2. The van der Waals surface area contributed by atoms with Gasteiger partial charge in [-0.1, -0.05) is 12.1 Å². The fourth-order valence-electron chi connectivity index (χ4n) is 2.28. The fourth-order valence-corrected chi connectivity index (χ4v) is 2.28. The van der Waals surface area contributed by atoms with Crippen molar-refractivity contribution in [2.75, 3.05) is 0 Å². The van der Waals surface area contributed by atoms with Crippen LogP contribution in [0.4, 0.5) is 5.69 Å². The molecule has 0 aliphatic heterocycles. The molecule has 0 spiro atoms. The lowest BCUT2D eigenvalue weighted by Gasteiger charge is -2.10. The maximum Gasteiger partial charge on any atom is 0.281 e. The summed E-state index contributed by atoms with van der Waals surface area (Å²) in [6, 6.07) is 13.2. The van der Waals surface area contributed by atoms with Crippen molar-refractivity contribution >= 4 is 16.6 Å². The first-order chi connectivity index (χ1) is 10.1. The van der Waals surface area contributed by atoms with Gasteiger partial charge in [-0.15, -0.1) is 0 Å². The number of aromatic nitrogens is 2. The molecule has 1 aromatic heterocycles. The average molecular weight is 281 g/mol. The number of aryl methyl sites for hydroxylation is 1. The second-order valence-corrected chi connectivity index (χ2v) is 4.62. The van der Waals surface area contributed by atoms with Gasteiger partial charge in [0.05, 0.1) is 15.8 Å². The summed E-state index contributed by atoms with van der Waals surface area (Å²) in [5.74, 6) is 0.480. The third-order valence-corrected chi connectivity index (χ3v) is 3.36. The van der Waals surface area contributed by atoms with Crippen LogP contribution in [0.3, 0.4) is 0 Å². The van der Waals surface area contributed by atoms with Crippen LogP contribution in [0.1, 0.15) is 0 Å². The third-order valence-electron chi connectivity index (χ3n) is 3.36. The molecule has 0 fully saturated rings. The molecule has 2 aromatic carbocycles. The van der Waals surface area contributed by atoms with Crippen molar-refractivity contribution in [3.8, 4) is 11.4 Å². The van der Waals surface area contributed by atoms with Crippen LogP contribution in [0.25, 0.3) is 22.3 Å². The quantitative estimate of drug-likeness (QED) is 0.534. The lowest BCUT2D eigenvalue weighted by Crippen LogP contribution is -2.14. The van der Waals surface area contributed by atoms with E-state index in [2.05, 4.69) is 4.98 Å². The maximum atomic E-state index is 12.1. The zero-order chi connectivity index (χ0) is 15.0. The van der Waals surface area contributed by atoms with E-state index in [1.54, 1.807) is 28.8 Å². The number of para-hydroxylation sites is 1. The predicted octanol–water partition coefficient (Wildman–Crippen LogP) is 2.51.